The van der Waals surface area contributed by atoms with Gasteiger partial charge in [0, 0.05) is 43.2 Å². The number of thioether (sulfide) groups is 1. The minimum absolute atomic E-state index is 0.00199. The number of Topliss-reactive ketones (excluding diaryl/α,β-unsaturated/α-hetero) is 2. The summed E-state index contributed by atoms with van der Waals surface area (Å²) in [6.45, 7) is 26.8. The fraction of sp³-hybridized carbons (Fsp3) is 0.927. The molecule has 0 spiro atoms. The number of carbonyl (C=O) groups is 3. The zero-order chi connectivity index (χ0) is 39.6. The number of ether oxygens (including phenoxy) is 4. The Labute approximate surface area is 319 Å². The van der Waals surface area contributed by atoms with E-state index in [1.165, 1.54) is 0 Å². The Balaban J connectivity index is 1.95. The summed E-state index contributed by atoms with van der Waals surface area (Å²) in [5.74, 6) is -0.287. The van der Waals surface area contributed by atoms with Crippen LogP contribution in [0.4, 0.5) is 0 Å². The first kappa shape index (κ1) is 45.3. The highest BCUT2D eigenvalue weighted by Gasteiger charge is 2.82. The molecule has 2 heterocycles. The number of hydrogen-bond donors (Lipinski definition) is 2. The first-order valence-electron chi connectivity index (χ1n) is 20.0. The Morgan fingerprint density at radius 1 is 1.15 bits per heavy atom. The summed E-state index contributed by atoms with van der Waals surface area (Å²) < 4.78 is 25.9. The van der Waals surface area contributed by atoms with E-state index >= 15 is 0 Å². The summed E-state index contributed by atoms with van der Waals surface area (Å²) >= 11 is 1.77. The van der Waals surface area contributed by atoms with Crippen molar-refractivity contribution in [1.82, 2.24) is 10.4 Å². The zero-order valence-corrected chi connectivity index (χ0v) is 36.0. The number of nitrogens with one attached hydrogen (secondary N) is 1. The van der Waals surface area contributed by atoms with Crippen LogP contribution in [0, 0.1) is 40.4 Å². The fourth-order valence-electron chi connectivity index (χ4n) is 9.81. The van der Waals surface area contributed by atoms with Crippen LogP contribution in [-0.2, 0) is 33.3 Å². The van der Waals surface area contributed by atoms with Crippen molar-refractivity contribution in [2.45, 2.75) is 176 Å². The minimum Gasteiger partial charge on any atom is -0.461 e. The Hall–Kier alpha value is -1.08. The van der Waals surface area contributed by atoms with Crippen LogP contribution < -0.4 is 5.43 Å². The standard InChI is InChI=1S/C41H74N2O8S/c1-16-32(39(12)22-31(45)41(28(8)29(9)44)37(39)43(41)42-19-18-20-52-15)50-36(47)26(6)34(25(5)27(7)40(13,48-14)21-24(3)4)51-33-23-38(11,17-2)35(46)30(10)49-33/h24-28,30,32-35,37,42,46H,16-23H2,1-15H3/t25-,26?,27-,28?,30?,32-,33+,34+,35+,37?,38-,39-,40-,41?,43?/m1/s1. The molecule has 2 aliphatic heterocycles. The number of hydrazine groups is 1. The van der Waals surface area contributed by atoms with Crippen molar-refractivity contribution in [3.8, 4) is 0 Å². The predicted molar refractivity (Wildman–Crippen MR) is 208 cm³/mol. The number of aliphatic hydroxyl groups excluding tert-OH is 1. The van der Waals surface area contributed by atoms with Crippen LogP contribution in [-0.4, -0.2) is 101 Å². The van der Waals surface area contributed by atoms with Gasteiger partial charge in [0.25, 0.3) is 0 Å². The van der Waals surface area contributed by atoms with Crippen LogP contribution >= 0.6 is 11.8 Å². The molecule has 2 saturated heterocycles. The molecule has 302 valence electrons. The van der Waals surface area contributed by atoms with Crippen LogP contribution in [0.2, 0.25) is 0 Å². The van der Waals surface area contributed by atoms with Gasteiger partial charge in [-0.2, -0.15) is 11.8 Å². The van der Waals surface area contributed by atoms with Crippen LogP contribution in [0.25, 0.3) is 0 Å². The number of hydrogen-bond acceptors (Lipinski definition) is 11. The summed E-state index contributed by atoms with van der Waals surface area (Å²) in [6, 6.07) is -0.270. The predicted octanol–water partition coefficient (Wildman–Crippen LogP) is 6.85. The molecule has 0 bridgehead atoms. The van der Waals surface area contributed by atoms with E-state index in [2.05, 4.69) is 60.1 Å². The lowest BCUT2D eigenvalue weighted by atomic mass is 9.72. The fourth-order valence-corrected chi connectivity index (χ4v) is 10.2. The Kier molecular flexibility index (Phi) is 15.5. The summed E-state index contributed by atoms with van der Waals surface area (Å²) in [7, 11) is 1.75. The topological polar surface area (TPSA) is 123 Å². The third kappa shape index (κ3) is 8.66. The molecular weight excluding hydrogens is 681 g/mol. The van der Waals surface area contributed by atoms with E-state index in [1.807, 2.05) is 39.6 Å². The average molecular weight is 755 g/mol. The van der Waals surface area contributed by atoms with Gasteiger partial charge in [0.2, 0.25) is 0 Å². The molecule has 6 unspecified atom stereocenters. The van der Waals surface area contributed by atoms with E-state index in [0.29, 0.717) is 25.3 Å². The number of carbonyl (C=O) groups excluding carboxylic acids is 3. The number of aliphatic hydroxyl groups is 1. The second kappa shape index (κ2) is 17.8. The van der Waals surface area contributed by atoms with Gasteiger partial charge in [0.05, 0.1) is 35.9 Å². The zero-order valence-electron chi connectivity index (χ0n) is 35.2. The van der Waals surface area contributed by atoms with Crippen LogP contribution in [0.3, 0.4) is 0 Å². The van der Waals surface area contributed by atoms with Crippen LogP contribution in [0.5, 0.6) is 0 Å². The van der Waals surface area contributed by atoms with Crippen LogP contribution in [0.15, 0.2) is 0 Å². The molecule has 3 fully saturated rings. The number of fused-ring (bicyclic) bond motifs is 1. The van der Waals surface area contributed by atoms with Crippen molar-refractivity contribution in [1.29, 1.82) is 0 Å². The molecule has 0 aromatic rings. The number of piperidine rings is 1. The molecule has 11 heteroatoms. The third-order valence-corrected chi connectivity index (χ3v) is 14.4. The van der Waals surface area contributed by atoms with Crippen molar-refractivity contribution in [2.24, 2.45) is 40.4 Å². The van der Waals surface area contributed by atoms with Gasteiger partial charge in [-0.1, -0.05) is 62.3 Å². The van der Waals surface area contributed by atoms with E-state index in [9.17, 15) is 19.5 Å². The van der Waals surface area contributed by atoms with Gasteiger partial charge >= 0.3 is 5.97 Å². The van der Waals surface area contributed by atoms with Gasteiger partial charge < -0.3 is 24.1 Å². The van der Waals surface area contributed by atoms with Crippen molar-refractivity contribution in [3.05, 3.63) is 0 Å². The molecule has 52 heavy (non-hydrogen) atoms. The van der Waals surface area contributed by atoms with Gasteiger partial charge in [0.1, 0.15) is 17.4 Å². The van der Waals surface area contributed by atoms with Gasteiger partial charge in [0.15, 0.2) is 12.1 Å². The summed E-state index contributed by atoms with van der Waals surface area (Å²) in [5.41, 5.74) is 0.999. The molecule has 3 rings (SSSR count). The summed E-state index contributed by atoms with van der Waals surface area (Å²) in [5, 5.41) is 13.0. The third-order valence-electron chi connectivity index (χ3n) is 13.8. The average Bonchev–Trinajstić information content (AvgIpc) is 3.71. The van der Waals surface area contributed by atoms with Crippen molar-refractivity contribution in [3.63, 3.8) is 0 Å². The molecule has 1 saturated carbocycles. The van der Waals surface area contributed by atoms with E-state index < -0.39 is 64.5 Å². The highest BCUT2D eigenvalue weighted by Crippen LogP contribution is 2.64. The van der Waals surface area contributed by atoms with E-state index in [1.54, 1.807) is 25.8 Å². The molecule has 15 atom stereocenters. The SMILES string of the molecule is CC[C@@H](OC(=O)C(C)[C@@H](O[C@H]1C[C@@](C)(CC)[C@@H](O)C(C)O1)[C@H](C)[C@@H](C)[C@@](C)(CC(C)C)OC)[C@@]1(C)CC(=O)C2(C(C)C(C)=O)C1N2NCCCSC. The van der Waals surface area contributed by atoms with E-state index in [0.717, 1.165) is 25.0 Å². The Morgan fingerprint density at radius 2 is 1.79 bits per heavy atom. The first-order chi connectivity index (χ1) is 24.2. The lowest BCUT2D eigenvalue weighted by Crippen LogP contribution is -2.53. The van der Waals surface area contributed by atoms with Crippen molar-refractivity contribution in [2.75, 3.05) is 25.7 Å². The number of ketones is 2. The monoisotopic (exact) mass is 755 g/mol. The first-order valence-corrected chi connectivity index (χ1v) is 21.4. The highest BCUT2D eigenvalue weighted by atomic mass is 32.2. The normalized spacial score (nSPS) is 36.3. The summed E-state index contributed by atoms with van der Waals surface area (Å²) in [6.07, 6.45) is 3.04. The molecule has 0 amide bonds. The largest absolute Gasteiger partial charge is 0.461 e. The molecule has 0 aromatic heterocycles. The second-order valence-electron chi connectivity index (χ2n) is 17.7. The highest BCUT2D eigenvalue weighted by molar-refractivity contribution is 7.98. The van der Waals surface area contributed by atoms with Gasteiger partial charge in [-0.05, 0) is 83.1 Å². The maximum Gasteiger partial charge on any atom is 0.311 e. The van der Waals surface area contributed by atoms with E-state index in [-0.39, 0.29) is 41.8 Å². The maximum absolute atomic E-state index is 14.5. The Morgan fingerprint density at radius 3 is 2.31 bits per heavy atom. The smallest absolute Gasteiger partial charge is 0.311 e. The summed E-state index contributed by atoms with van der Waals surface area (Å²) in [4.78, 5) is 41.3. The molecule has 0 radical (unpaired) electrons. The molecule has 3 aliphatic rings. The van der Waals surface area contributed by atoms with E-state index in [4.69, 9.17) is 18.9 Å². The van der Waals surface area contributed by atoms with Gasteiger partial charge in [-0.25, -0.2) is 5.01 Å². The lowest BCUT2D eigenvalue weighted by Gasteiger charge is -2.48. The van der Waals surface area contributed by atoms with Gasteiger partial charge in [-0.15, -0.1) is 0 Å². The molecule has 1 aliphatic carbocycles. The molecular formula is C41H74N2O8S. The van der Waals surface area contributed by atoms with Crippen molar-refractivity contribution >= 4 is 29.3 Å². The Bertz CT molecular complexity index is 1240. The minimum atomic E-state index is -0.937. The lowest BCUT2D eigenvalue weighted by molar-refractivity contribution is -0.282. The molecule has 10 nitrogen and oxygen atoms in total. The van der Waals surface area contributed by atoms with Gasteiger partial charge in [-0.3, -0.25) is 19.8 Å². The molecule has 2 N–H and O–H groups in total. The number of esters is 1. The maximum atomic E-state index is 14.5. The number of methoxy groups -OCH3 is 1. The molecule has 0 aromatic carbocycles. The second-order valence-corrected chi connectivity index (χ2v) is 18.7. The van der Waals surface area contributed by atoms with Crippen LogP contribution in [0.1, 0.15) is 129 Å². The number of rotatable bonds is 21. The number of nitrogens with zero attached hydrogens (tertiary/aromatic N) is 1. The quantitative estimate of drug-likeness (QED) is 0.0727. The van der Waals surface area contributed by atoms with Crippen molar-refractivity contribution < 1.29 is 38.4 Å².